The quantitative estimate of drug-likeness (QED) is 0.382. The minimum atomic E-state index is -3.43. The minimum Gasteiger partial charge on any atom is -0.361 e. The lowest BCUT2D eigenvalue weighted by atomic mass is 9.98. The average molecular weight is 465 g/mol. The Morgan fingerprint density at radius 3 is 2.34 bits per heavy atom. The summed E-state index contributed by atoms with van der Waals surface area (Å²) in [7, 11) is -3.43. The van der Waals surface area contributed by atoms with E-state index >= 15 is 0 Å². The van der Waals surface area contributed by atoms with Crippen LogP contribution in [0.5, 0.6) is 0 Å². The molecule has 3 aromatic carbocycles. The predicted octanol–water partition coefficient (Wildman–Crippen LogP) is 5.97. The number of anilines is 1. The molecule has 5 nitrogen and oxygen atoms in total. The number of hydrogen-bond acceptors (Lipinski definition) is 3. The Kier molecular flexibility index (Phi) is 5.91. The van der Waals surface area contributed by atoms with Crippen LogP contribution in [-0.4, -0.2) is 25.6 Å². The number of H-pyrrole nitrogens is 1. The summed E-state index contributed by atoms with van der Waals surface area (Å²) in [5.41, 5.74) is 4.92. The van der Waals surface area contributed by atoms with Crippen molar-refractivity contribution in [2.45, 2.75) is 11.8 Å². The maximum absolute atomic E-state index is 13.2. The van der Waals surface area contributed by atoms with Crippen molar-refractivity contribution in [2.24, 2.45) is 0 Å². The summed E-state index contributed by atoms with van der Waals surface area (Å²) < 4.78 is 24.2. The molecule has 0 saturated carbocycles. The zero-order valence-corrected chi connectivity index (χ0v) is 19.1. The standard InChI is InChI=1S/C25H21ClN2O3S/c1-16-5-7-17(8-6-16)21-15-19(32(2,30)31)10-11-20(21)25(29)28-18-9-12-23(26)22(14-18)24-4-3-13-27-24/h3-15,27H,1-2H3,(H,28,29). The summed E-state index contributed by atoms with van der Waals surface area (Å²) in [5, 5.41) is 3.47. The Bertz CT molecular complexity index is 1390. The molecule has 162 valence electrons. The van der Waals surface area contributed by atoms with Crippen LogP contribution >= 0.6 is 11.6 Å². The van der Waals surface area contributed by atoms with Crippen LogP contribution in [-0.2, 0) is 9.84 Å². The number of aromatic nitrogens is 1. The van der Waals surface area contributed by atoms with E-state index in [-0.39, 0.29) is 10.8 Å². The van der Waals surface area contributed by atoms with E-state index in [4.69, 9.17) is 11.6 Å². The lowest BCUT2D eigenvalue weighted by Gasteiger charge is -2.13. The number of amides is 1. The van der Waals surface area contributed by atoms with Gasteiger partial charge in [-0.2, -0.15) is 0 Å². The van der Waals surface area contributed by atoms with Crippen LogP contribution in [0, 0.1) is 6.92 Å². The van der Waals surface area contributed by atoms with E-state index in [0.717, 1.165) is 28.6 Å². The van der Waals surface area contributed by atoms with E-state index in [1.54, 1.807) is 36.5 Å². The van der Waals surface area contributed by atoms with E-state index in [1.165, 1.54) is 6.07 Å². The van der Waals surface area contributed by atoms with Gasteiger partial charge in [-0.3, -0.25) is 4.79 Å². The number of halogens is 1. The number of hydrogen-bond donors (Lipinski definition) is 2. The van der Waals surface area contributed by atoms with E-state index < -0.39 is 9.84 Å². The fraction of sp³-hybridized carbons (Fsp3) is 0.0800. The summed E-state index contributed by atoms with van der Waals surface area (Å²) in [6.07, 6.45) is 2.95. The van der Waals surface area contributed by atoms with Gasteiger partial charge in [-0.05, 0) is 66.6 Å². The lowest BCUT2D eigenvalue weighted by Crippen LogP contribution is -2.14. The molecule has 0 aliphatic heterocycles. The number of aromatic amines is 1. The van der Waals surface area contributed by atoms with Gasteiger partial charge in [0.15, 0.2) is 9.84 Å². The van der Waals surface area contributed by atoms with Gasteiger partial charge in [0.2, 0.25) is 0 Å². The van der Waals surface area contributed by atoms with Crippen LogP contribution in [0.2, 0.25) is 5.02 Å². The lowest BCUT2D eigenvalue weighted by molar-refractivity contribution is 0.102. The van der Waals surface area contributed by atoms with Gasteiger partial charge in [0.1, 0.15) is 0 Å². The Labute approximate surface area is 192 Å². The molecule has 1 aromatic heterocycles. The molecule has 0 atom stereocenters. The average Bonchev–Trinajstić information content (AvgIpc) is 3.29. The maximum Gasteiger partial charge on any atom is 0.256 e. The maximum atomic E-state index is 13.2. The molecule has 0 bridgehead atoms. The zero-order chi connectivity index (χ0) is 22.9. The molecule has 32 heavy (non-hydrogen) atoms. The van der Waals surface area contributed by atoms with Gasteiger partial charge >= 0.3 is 0 Å². The van der Waals surface area contributed by atoms with E-state index in [9.17, 15) is 13.2 Å². The third-order valence-corrected chi connectivity index (χ3v) is 6.58. The third kappa shape index (κ3) is 4.61. The number of rotatable bonds is 5. The number of nitrogens with one attached hydrogen (secondary N) is 2. The first kappa shape index (κ1) is 21.9. The second kappa shape index (κ2) is 8.65. The van der Waals surface area contributed by atoms with Crippen LogP contribution in [0.15, 0.2) is 83.9 Å². The van der Waals surface area contributed by atoms with Gasteiger partial charge in [0.05, 0.1) is 9.92 Å². The SMILES string of the molecule is Cc1ccc(-c2cc(S(C)(=O)=O)ccc2C(=O)Nc2ccc(Cl)c(-c3ccc[nH]3)c2)cc1. The Hall–Kier alpha value is -3.35. The Morgan fingerprint density at radius 1 is 0.938 bits per heavy atom. The Morgan fingerprint density at radius 2 is 1.69 bits per heavy atom. The monoisotopic (exact) mass is 464 g/mol. The van der Waals surface area contributed by atoms with Crippen LogP contribution < -0.4 is 5.32 Å². The molecule has 0 aliphatic carbocycles. The van der Waals surface area contributed by atoms with Crippen LogP contribution in [0.25, 0.3) is 22.4 Å². The Balaban J connectivity index is 1.74. The molecule has 7 heteroatoms. The molecular formula is C25H21ClN2O3S. The normalized spacial score (nSPS) is 11.3. The fourth-order valence-corrected chi connectivity index (χ4v) is 4.30. The van der Waals surface area contributed by atoms with Crippen molar-refractivity contribution in [3.63, 3.8) is 0 Å². The number of carbonyl (C=O) groups excluding carboxylic acids is 1. The van der Waals surface area contributed by atoms with Crippen molar-refractivity contribution in [3.8, 4) is 22.4 Å². The van der Waals surface area contributed by atoms with Crippen LogP contribution in [0.4, 0.5) is 5.69 Å². The van der Waals surface area contributed by atoms with Gasteiger partial charge in [0.25, 0.3) is 5.91 Å². The zero-order valence-electron chi connectivity index (χ0n) is 17.5. The summed E-state index contributed by atoms with van der Waals surface area (Å²) in [4.78, 5) is 16.5. The highest BCUT2D eigenvalue weighted by Crippen LogP contribution is 2.31. The number of carbonyl (C=O) groups is 1. The highest BCUT2D eigenvalue weighted by molar-refractivity contribution is 7.90. The second-order valence-corrected chi connectivity index (χ2v) is 10.0. The molecule has 0 fully saturated rings. The van der Waals surface area contributed by atoms with Crippen molar-refractivity contribution < 1.29 is 13.2 Å². The molecule has 2 N–H and O–H groups in total. The van der Waals surface area contributed by atoms with Crippen molar-refractivity contribution in [2.75, 3.05) is 11.6 Å². The van der Waals surface area contributed by atoms with Crippen molar-refractivity contribution in [3.05, 3.63) is 95.1 Å². The summed E-state index contributed by atoms with van der Waals surface area (Å²) in [6.45, 7) is 1.96. The van der Waals surface area contributed by atoms with Gasteiger partial charge in [0, 0.05) is 35.0 Å². The van der Waals surface area contributed by atoms with Crippen molar-refractivity contribution >= 4 is 33.0 Å². The molecule has 1 amide bonds. The molecule has 1 heterocycles. The molecule has 0 saturated heterocycles. The van der Waals surface area contributed by atoms with Crippen molar-refractivity contribution in [1.82, 2.24) is 4.98 Å². The second-order valence-electron chi connectivity index (χ2n) is 7.58. The minimum absolute atomic E-state index is 0.158. The molecule has 0 unspecified atom stereocenters. The summed E-state index contributed by atoms with van der Waals surface area (Å²) in [6, 6.07) is 21.1. The first-order valence-corrected chi connectivity index (χ1v) is 12.1. The highest BCUT2D eigenvalue weighted by Gasteiger charge is 2.18. The number of sulfone groups is 1. The first-order chi connectivity index (χ1) is 15.2. The number of aryl methyl sites for hydroxylation is 1. The van der Waals surface area contributed by atoms with Gasteiger partial charge in [-0.1, -0.05) is 41.4 Å². The van der Waals surface area contributed by atoms with E-state index in [0.29, 0.717) is 21.8 Å². The van der Waals surface area contributed by atoms with Crippen molar-refractivity contribution in [1.29, 1.82) is 0 Å². The topological polar surface area (TPSA) is 79.0 Å². The smallest absolute Gasteiger partial charge is 0.256 e. The first-order valence-electron chi connectivity index (χ1n) is 9.88. The largest absolute Gasteiger partial charge is 0.361 e. The molecule has 0 radical (unpaired) electrons. The molecule has 0 aliphatic rings. The predicted molar refractivity (Wildman–Crippen MR) is 129 cm³/mol. The van der Waals surface area contributed by atoms with Crippen LogP contribution in [0.1, 0.15) is 15.9 Å². The third-order valence-electron chi connectivity index (χ3n) is 5.14. The number of benzene rings is 3. The van der Waals surface area contributed by atoms with Gasteiger partial charge in [-0.25, -0.2) is 8.42 Å². The highest BCUT2D eigenvalue weighted by atomic mass is 35.5. The molecule has 4 rings (SSSR count). The van der Waals surface area contributed by atoms with E-state index in [2.05, 4.69) is 10.3 Å². The van der Waals surface area contributed by atoms with Gasteiger partial charge in [-0.15, -0.1) is 0 Å². The fourth-order valence-electron chi connectivity index (χ4n) is 3.43. The molecule has 0 spiro atoms. The molecule has 4 aromatic rings. The van der Waals surface area contributed by atoms with E-state index in [1.807, 2.05) is 43.3 Å². The van der Waals surface area contributed by atoms with Crippen LogP contribution in [0.3, 0.4) is 0 Å². The van der Waals surface area contributed by atoms with Gasteiger partial charge < -0.3 is 10.3 Å². The summed E-state index contributed by atoms with van der Waals surface area (Å²) in [5.74, 6) is -0.347. The molecular weight excluding hydrogens is 444 g/mol. The summed E-state index contributed by atoms with van der Waals surface area (Å²) >= 11 is 6.33.